The minimum Gasteiger partial charge on any atom is -0.337 e. The molecular weight excluding hydrogens is 348 g/mol. The van der Waals surface area contributed by atoms with Gasteiger partial charge in [0.1, 0.15) is 5.54 Å². The monoisotopic (exact) mass is 370 g/mol. The highest BCUT2D eigenvalue weighted by Gasteiger charge is 2.35. The molecule has 8 heteroatoms. The zero-order chi connectivity index (χ0) is 18.6. The molecule has 7 nitrogen and oxygen atoms in total. The molecule has 26 heavy (non-hydrogen) atoms. The molecule has 1 saturated carbocycles. The van der Waals surface area contributed by atoms with Gasteiger partial charge in [0.05, 0.1) is 17.0 Å². The summed E-state index contributed by atoms with van der Waals surface area (Å²) in [5, 5.41) is 24.4. The number of tetrazole rings is 1. The van der Waals surface area contributed by atoms with Gasteiger partial charge in [-0.15, -0.1) is 5.10 Å². The van der Waals surface area contributed by atoms with Crippen LogP contribution in [0, 0.1) is 18.3 Å². The van der Waals surface area contributed by atoms with Crippen molar-refractivity contribution in [2.24, 2.45) is 0 Å². The minimum atomic E-state index is -0.729. The molecule has 1 heterocycles. The molecule has 1 atom stereocenters. The van der Waals surface area contributed by atoms with Crippen LogP contribution in [-0.2, 0) is 4.79 Å². The van der Waals surface area contributed by atoms with E-state index in [2.05, 4.69) is 26.9 Å². The molecule has 1 aliphatic rings. The molecule has 1 N–H and O–H groups in total. The first kappa shape index (κ1) is 18.4. The van der Waals surface area contributed by atoms with Crippen molar-refractivity contribution in [2.45, 2.75) is 61.9 Å². The summed E-state index contributed by atoms with van der Waals surface area (Å²) < 4.78 is 1.62. The standard InChI is InChI=1S/C18H22N6OS/c1-13-6-8-15(9-7-13)24-17(21-22-23-24)26-14(2)16(25)20-18(12-19)10-4-3-5-11-18/h6-9,14H,3-5,10-11H2,1-2H3,(H,20,25)/t14-/m1/s1. The maximum Gasteiger partial charge on any atom is 0.234 e. The number of nitrogens with zero attached hydrogens (tertiary/aromatic N) is 5. The molecule has 0 spiro atoms. The van der Waals surface area contributed by atoms with Crippen LogP contribution in [0.1, 0.15) is 44.6 Å². The highest BCUT2D eigenvalue weighted by molar-refractivity contribution is 8.00. The fourth-order valence-corrected chi connectivity index (χ4v) is 3.88. The molecule has 1 fully saturated rings. The Hall–Kier alpha value is -2.40. The Kier molecular flexibility index (Phi) is 5.57. The number of carbonyl (C=O) groups is 1. The van der Waals surface area contributed by atoms with Gasteiger partial charge in [0, 0.05) is 0 Å². The van der Waals surface area contributed by atoms with Crippen LogP contribution in [0.5, 0.6) is 0 Å². The molecule has 1 amide bonds. The van der Waals surface area contributed by atoms with Gasteiger partial charge in [0.15, 0.2) is 0 Å². The van der Waals surface area contributed by atoms with Gasteiger partial charge in [-0.2, -0.15) is 9.94 Å². The fourth-order valence-electron chi connectivity index (χ4n) is 3.07. The number of benzene rings is 1. The molecule has 3 rings (SSSR count). The van der Waals surface area contributed by atoms with E-state index in [1.165, 1.54) is 11.8 Å². The average molecular weight is 370 g/mol. The van der Waals surface area contributed by atoms with Crippen molar-refractivity contribution < 1.29 is 4.79 Å². The maximum absolute atomic E-state index is 12.6. The third-order valence-electron chi connectivity index (χ3n) is 4.65. The Bertz CT molecular complexity index is 804. The van der Waals surface area contributed by atoms with Crippen LogP contribution in [0.3, 0.4) is 0 Å². The topological polar surface area (TPSA) is 96.5 Å². The Morgan fingerprint density at radius 3 is 2.65 bits per heavy atom. The second-order valence-electron chi connectivity index (χ2n) is 6.71. The number of nitriles is 1. The van der Waals surface area contributed by atoms with Crippen molar-refractivity contribution in [2.75, 3.05) is 0 Å². The Morgan fingerprint density at radius 1 is 1.31 bits per heavy atom. The highest BCUT2D eigenvalue weighted by Crippen LogP contribution is 2.29. The number of amides is 1. The van der Waals surface area contributed by atoms with Crippen molar-refractivity contribution in [1.82, 2.24) is 25.5 Å². The first-order chi connectivity index (χ1) is 12.5. The minimum absolute atomic E-state index is 0.156. The first-order valence-corrected chi connectivity index (χ1v) is 9.66. The molecule has 0 unspecified atom stereocenters. The lowest BCUT2D eigenvalue weighted by atomic mass is 9.83. The summed E-state index contributed by atoms with van der Waals surface area (Å²) in [6, 6.07) is 10.2. The van der Waals surface area contributed by atoms with Gasteiger partial charge in [-0.05, 0) is 49.2 Å². The number of nitrogens with one attached hydrogen (secondary N) is 1. The number of thioether (sulfide) groups is 1. The molecule has 0 bridgehead atoms. The zero-order valence-corrected chi connectivity index (χ0v) is 15.8. The van der Waals surface area contributed by atoms with Crippen LogP contribution in [0.4, 0.5) is 0 Å². The van der Waals surface area contributed by atoms with Gasteiger partial charge < -0.3 is 5.32 Å². The van der Waals surface area contributed by atoms with E-state index in [9.17, 15) is 10.1 Å². The van der Waals surface area contributed by atoms with Crippen molar-refractivity contribution in [3.63, 3.8) is 0 Å². The van der Waals surface area contributed by atoms with Gasteiger partial charge in [0.2, 0.25) is 11.1 Å². The van der Waals surface area contributed by atoms with E-state index in [0.717, 1.165) is 30.5 Å². The van der Waals surface area contributed by atoms with E-state index < -0.39 is 10.8 Å². The van der Waals surface area contributed by atoms with Crippen molar-refractivity contribution >= 4 is 17.7 Å². The summed E-state index contributed by atoms with van der Waals surface area (Å²) in [6.45, 7) is 3.82. The third-order valence-corrected chi connectivity index (χ3v) is 5.69. The summed E-state index contributed by atoms with van der Waals surface area (Å²) in [5.41, 5.74) is 1.27. The predicted molar refractivity (Wildman–Crippen MR) is 98.8 cm³/mol. The molecule has 136 valence electrons. The van der Waals surface area contributed by atoms with Gasteiger partial charge in [-0.25, -0.2) is 0 Å². The lowest BCUT2D eigenvalue weighted by Gasteiger charge is -2.32. The Labute approximate surface area is 157 Å². The largest absolute Gasteiger partial charge is 0.337 e. The number of hydrogen-bond donors (Lipinski definition) is 1. The number of aryl methyl sites for hydroxylation is 1. The molecule has 0 aliphatic heterocycles. The molecule has 0 saturated heterocycles. The highest BCUT2D eigenvalue weighted by atomic mass is 32.2. The molecule has 2 aromatic rings. The second kappa shape index (κ2) is 7.87. The van der Waals surface area contributed by atoms with E-state index in [4.69, 9.17) is 0 Å². The first-order valence-electron chi connectivity index (χ1n) is 8.78. The van der Waals surface area contributed by atoms with Gasteiger partial charge in [-0.1, -0.05) is 48.7 Å². The van der Waals surface area contributed by atoms with E-state index in [1.807, 2.05) is 38.1 Å². The third kappa shape index (κ3) is 4.05. The maximum atomic E-state index is 12.6. The smallest absolute Gasteiger partial charge is 0.234 e. The number of carbonyl (C=O) groups excluding carboxylic acids is 1. The van der Waals surface area contributed by atoms with Crippen molar-refractivity contribution in [3.05, 3.63) is 29.8 Å². The lowest BCUT2D eigenvalue weighted by Crippen LogP contribution is -2.50. The van der Waals surface area contributed by atoms with Crippen LogP contribution >= 0.6 is 11.8 Å². The lowest BCUT2D eigenvalue weighted by molar-refractivity contribution is -0.121. The summed E-state index contributed by atoms with van der Waals surface area (Å²) in [7, 11) is 0. The van der Waals surface area contributed by atoms with Crippen molar-refractivity contribution in [3.8, 4) is 11.8 Å². The van der Waals surface area contributed by atoms with Crippen LogP contribution in [0.25, 0.3) is 5.69 Å². The number of aromatic nitrogens is 4. The normalized spacial score (nSPS) is 17.3. The molecule has 1 aliphatic carbocycles. The number of hydrogen-bond acceptors (Lipinski definition) is 6. The summed E-state index contributed by atoms with van der Waals surface area (Å²) in [4.78, 5) is 12.6. The molecule has 1 aromatic heterocycles. The van der Waals surface area contributed by atoms with E-state index in [0.29, 0.717) is 18.0 Å². The quantitative estimate of drug-likeness (QED) is 0.813. The average Bonchev–Trinajstić information content (AvgIpc) is 3.11. The van der Waals surface area contributed by atoms with E-state index in [-0.39, 0.29) is 5.91 Å². The molecular formula is C18H22N6OS. The number of rotatable bonds is 5. The van der Waals surface area contributed by atoms with Crippen LogP contribution in [-0.4, -0.2) is 36.9 Å². The van der Waals surface area contributed by atoms with E-state index >= 15 is 0 Å². The van der Waals surface area contributed by atoms with Crippen LogP contribution in [0.15, 0.2) is 29.4 Å². The fraction of sp³-hybridized carbons (Fsp3) is 0.500. The van der Waals surface area contributed by atoms with Gasteiger partial charge >= 0.3 is 0 Å². The Balaban J connectivity index is 1.69. The zero-order valence-electron chi connectivity index (χ0n) is 15.0. The van der Waals surface area contributed by atoms with Crippen molar-refractivity contribution in [1.29, 1.82) is 5.26 Å². The summed E-state index contributed by atoms with van der Waals surface area (Å²) in [6.07, 6.45) is 4.50. The van der Waals surface area contributed by atoms with Gasteiger partial charge in [0.25, 0.3) is 0 Å². The van der Waals surface area contributed by atoms with Crippen LogP contribution in [0.2, 0.25) is 0 Å². The van der Waals surface area contributed by atoms with Gasteiger partial charge in [-0.3, -0.25) is 4.79 Å². The Morgan fingerprint density at radius 2 is 2.00 bits per heavy atom. The summed E-state index contributed by atoms with van der Waals surface area (Å²) in [5.74, 6) is -0.156. The SMILES string of the molecule is Cc1ccc(-n2nnnc2S[C@H](C)C(=O)NC2(C#N)CCCCC2)cc1. The molecule has 0 radical (unpaired) electrons. The summed E-state index contributed by atoms with van der Waals surface area (Å²) >= 11 is 1.29. The predicted octanol–water partition coefficient (Wildman–Crippen LogP) is 2.79. The molecule has 1 aromatic carbocycles. The second-order valence-corrected chi connectivity index (χ2v) is 8.02. The van der Waals surface area contributed by atoms with Crippen LogP contribution < -0.4 is 5.32 Å². The van der Waals surface area contributed by atoms with E-state index in [1.54, 1.807) is 4.68 Å².